The summed E-state index contributed by atoms with van der Waals surface area (Å²) in [7, 11) is 0. The molecule has 1 atom stereocenters. The minimum absolute atomic E-state index is 0.280. The van der Waals surface area contributed by atoms with Crippen LogP contribution in [0.2, 0.25) is 0 Å². The Morgan fingerprint density at radius 2 is 0.815 bits per heavy atom. The lowest BCUT2D eigenvalue weighted by atomic mass is 10.0. The van der Waals surface area contributed by atoms with E-state index < -0.39 is 0 Å². The average molecular weight is 384 g/mol. The smallest absolute Gasteiger partial charge is 0.104 e. The van der Waals surface area contributed by atoms with E-state index in [-0.39, 0.29) is 6.23 Å². The van der Waals surface area contributed by atoms with Crippen LogP contribution in [0.25, 0.3) is 0 Å². The molecule has 0 aromatic rings. The second-order valence-corrected chi connectivity index (χ2v) is 8.62. The molecule has 0 aromatic carbocycles. The van der Waals surface area contributed by atoms with Crippen LogP contribution in [0.3, 0.4) is 0 Å². The summed E-state index contributed by atoms with van der Waals surface area (Å²) in [6.45, 7) is 5.53. The van der Waals surface area contributed by atoms with Gasteiger partial charge < -0.3 is 5.11 Å². The molecule has 0 heterocycles. The standard InChI is InChI=1S/C25H53NO/c1-3-5-7-9-11-12-13-14-15-16-17-19-21-23-25(27)26-24-22-20-18-10-8-6-4-2/h25-27H,3-24H2,1-2H3. The number of aliphatic hydroxyl groups excluding tert-OH is 1. The zero-order valence-corrected chi connectivity index (χ0v) is 19.1. The molecule has 0 fully saturated rings. The summed E-state index contributed by atoms with van der Waals surface area (Å²) >= 11 is 0. The number of hydrogen-bond acceptors (Lipinski definition) is 2. The molecular weight excluding hydrogens is 330 g/mol. The highest BCUT2D eigenvalue weighted by atomic mass is 16.3. The number of unbranched alkanes of at least 4 members (excludes halogenated alkanes) is 18. The van der Waals surface area contributed by atoms with Crippen LogP contribution in [-0.4, -0.2) is 17.9 Å². The highest BCUT2D eigenvalue weighted by Gasteiger charge is 2.02. The summed E-state index contributed by atoms with van der Waals surface area (Å²) in [4.78, 5) is 0. The maximum absolute atomic E-state index is 9.99. The summed E-state index contributed by atoms with van der Waals surface area (Å²) in [5, 5.41) is 13.3. The first-order valence-corrected chi connectivity index (χ1v) is 12.7. The van der Waals surface area contributed by atoms with Gasteiger partial charge >= 0.3 is 0 Å². The first kappa shape index (κ1) is 26.9. The second-order valence-electron chi connectivity index (χ2n) is 8.62. The summed E-state index contributed by atoms with van der Waals surface area (Å²) in [5.41, 5.74) is 0. The molecule has 2 nitrogen and oxygen atoms in total. The van der Waals surface area contributed by atoms with Crippen molar-refractivity contribution in [2.75, 3.05) is 6.54 Å². The fraction of sp³-hybridized carbons (Fsp3) is 1.00. The predicted octanol–water partition coefficient (Wildman–Crippen LogP) is 8.13. The fourth-order valence-corrected chi connectivity index (χ4v) is 3.81. The number of nitrogens with one attached hydrogen (secondary N) is 1. The zero-order chi connectivity index (χ0) is 19.8. The SMILES string of the molecule is CCCCCCCCCCCCCCCC(O)NCCCCCCCCC. The molecule has 0 aliphatic rings. The number of hydrogen-bond donors (Lipinski definition) is 2. The quantitative estimate of drug-likeness (QED) is 0.138. The minimum Gasteiger partial charge on any atom is -0.379 e. The van der Waals surface area contributed by atoms with Gasteiger partial charge in [-0.1, -0.05) is 129 Å². The molecule has 0 saturated heterocycles. The van der Waals surface area contributed by atoms with Crippen molar-refractivity contribution in [1.29, 1.82) is 0 Å². The van der Waals surface area contributed by atoms with Crippen LogP contribution in [0.4, 0.5) is 0 Å². The van der Waals surface area contributed by atoms with Gasteiger partial charge in [-0.05, 0) is 25.8 Å². The lowest BCUT2D eigenvalue weighted by Crippen LogP contribution is -2.29. The molecule has 2 N–H and O–H groups in total. The van der Waals surface area contributed by atoms with Crippen molar-refractivity contribution in [3.63, 3.8) is 0 Å². The van der Waals surface area contributed by atoms with Crippen LogP contribution in [-0.2, 0) is 0 Å². The van der Waals surface area contributed by atoms with Crippen molar-refractivity contribution in [1.82, 2.24) is 5.32 Å². The molecule has 0 spiro atoms. The molecule has 0 saturated carbocycles. The molecule has 2 heteroatoms. The van der Waals surface area contributed by atoms with Crippen LogP contribution in [0, 0.1) is 0 Å². The van der Waals surface area contributed by atoms with Crippen LogP contribution in [0.15, 0.2) is 0 Å². The molecule has 1 unspecified atom stereocenters. The number of rotatable bonds is 23. The van der Waals surface area contributed by atoms with Gasteiger partial charge in [0.25, 0.3) is 0 Å². The zero-order valence-electron chi connectivity index (χ0n) is 19.1. The Morgan fingerprint density at radius 3 is 1.22 bits per heavy atom. The van der Waals surface area contributed by atoms with Crippen molar-refractivity contribution in [3.8, 4) is 0 Å². The van der Waals surface area contributed by atoms with Gasteiger partial charge in [0.1, 0.15) is 6.23 Å². The van der Waals surface area contributed by atoms with Crippen molar-refractivity contribution in [2.24, 2.45) is 0 Å². The van der Waals surface area contributed by atoms with Crippen LogP contribution < -0.4 is 5.32 Å². The molecule has 0 bridgehead atoms. The second kappa shape index (κ2) is 24.0. The maximum atomic E-state index is 9.99. The summed E-state index contributed by atoms with van der Waals surface area (Å²) in [6, 6.07) is 0. The van der Waals surface area contributed by atoms with Crippen molar-refractivity contribution >= 4 is 0 Å². The van der Waals surface area contributed by atoms with Gasteiger partial charge in [0.15, 0.2) is 0 Å². The largest absolute Gasteiger partial charge is 0.379 e. The highest BCUT2D eigenvalue weighted by Crippen LogP contribution is 2.13. The Kier molecular flexibility index (Phi) is 23.9. The van der Waals surface area contributed by atoms with Gasteiger partial charge in [-0.25, -0.2) is 0 Å². The monoisotopic (exact) mass is 383 g/mol. The minimum atomic E-state index is -0.280. The number of aliphatic hydroxyl groups is 1. The summed E-state index contributed by atoms with van der Waals surface area (Å²) in [5.74, 6) is 0. The van der Waals surface area contributed by atoms with E-state index in [9.17, 15) is 5.11 Å². The third kappa shape index (κ3) is 23.9. The Bertz CT molecular complexity index is 257. The Hall–Kier alpha value is -0.0800. The molecular formula is C25H53NO. The maximum Gasteiger partial charge on any atom is 0.104 e. The topological polar surface area (TPSA) is 32.3 Å². The Balaban J connectivity index is 3.11. The summed E-state index contributed by atoms with van der Waals surface area (Å²) < 4.78 is 0. The Morgan fingerprint density at radius 1 is 0.481 bits per heavy atom. The fourth-order valence-electron chi connectivity index (χ4n) is 3.81. The van der Waals surface area contributed by atoms with Crippen molar-refractivity contribution in [3.05, 3.63) is 0 Å². The molecule has 164 valence electrons. The third-order valence-corrected chi connectivity index (χ3v) is 5.74. The van der Waals surface area contributed by atoms with Crippen LogP contribution in [0.5, 0.6) is 0 Å². The van der Waals surface area contributed by atoms with Gasteiger partial charge in [0.2, 0.25) is 0 Å². The van der Waals surface area contributed by atoms with Gasteiger partial charge in [0.05, 0.1) is 0 Å². The van der Waals surface area contributed by atoms with E-state index >= 15 is 0 Å². The van der Waals surface area contributed by atoms with E-state index in [1.54, 1.807) is 0 Å². The predicted molar refractivity (Wildman–Crippen MR) is 122 cm³/mol. The Labute approximate surface area is 172 Å². The normalized spacial score (nSPS) is 12.6. The van der Waals surface area contributed by atoms with Crippen molar-refractivity contribution < 1.29 is 5.11 Å². The molecule has 0 aliphatic carbocycles. The molecule has 0 rings (SSSR count). The van der Waals surface area contributed by atoms with Gasteiger partial charge in [-0.2, -0.15) is 0 Å². The molecule has 0 amide bonds. The molecule has 0 aliphatic heterocycles. The van der Waals surface area contributed by atoms with Crippen LogP contribution in [0.1, 0.15) is 149 Å². The lowest BCUT2D eigenvalue weighted by Gasteiger charge is -2.12. The first-order chi connectivity index (χ1) is 13.3. The molecule has 0 radical (unpaired) electrons. The van der Waals surface area contributed by atoms with Crippen LogP contribution >= 0.6 is 0 Å². The van der Waals surface area contributed by atoms with Gasteiger partial charge in [0, 0.05) is 0 Å². The van der Waals surface area contributed by atoms with E-state index in [4.69, 9.17) is 0 Å². The van der Waals surface area contributed by atoms with E-state index in [1.165, 1.54) is 128 Å². The first-order valence-electron chi connectivity index (χ1n) is 12.7. The summed E-state index contributed by atoms with van der Waals surface area (Å²) in [6.07, 6.45) is 28.0. The molecule has 0 aromatic heterocycles. The van der Waals surface area contributed by atoms with E-state index in [1.807, 2.05) is 0 Å². The van der Waals surface area contributed by atoms with Gasteiger partial charge in [-0.15, -0.1) is 0 Å². The molecule has 27 heavy (non-hydrogen) atoms. The van der Waals surface area contributed by atoms with E-state index in [2.05, 4.69) is 19.2 Å². The van der Waals surface area contributed by atoms with E-state index in [0.29, 0.717) is 0 Å². The average Bonchev–Trinajstić information content (AvgIpc) is 2.67. The van der Waals surface area contributed by atoms with Gasteiger partial charge in [-0.3, -0.25) is 5.32 Å². The van der Waals surface area contributed by atoms with E-state index in [0.717, 1.165) is 13.0 Å². The third-order valence-electron chi connectivity index (χ3n) is 5.74. The lowest BCUT2D eigenvalue weighted by molar-refractivity contribution is 0.124. The van der Waals surface area contributed by atoms with Crippen molar-refractivity contribution in [2.45, 2.75) is 155 Å². The highest BCUT2D eigenvalue weighted by molar-refractivity contribution is 4.56.